The smallest absolute Gasteiger partial charge is 0.253 e. The maximum atomic E-state index is 12.3. The van der Waals surface area contributed by atoms with E-state index in [0.717, 1.165) is 27.1 Å². The fourth-order valence-electron chi connectivity index (χ4n) is 3.68. The van der Waals surface area contributed by atoms with Gasteiger partial charge in [0.05, 0.1) is 22.2 Å². The molecule has 0 fully saturated rings. The van der Waals surface area contributed by atoms with E-state index in [1.165, 1.54) is 21.7 Å². The zero-order valence-corrected chi connectivity index (χ0v) is 20.5. The molecular formula is C23H18BrClN4O2S. The number of carbonyl (C=O) groups is 1. The average molecular weight is 530 g/mol. The summed E-state index contributed by atoms with van der Waals surface area (Å²) in [5, 5.41) is 4.85. The first-order valence-electron chi connectivity index (χ1n) is 9.90. The maximum Gasteiger partial charge on any atom is 0.253 e. The van der Waals surface area contributed by atoms with Crippen LogP contribution in [0, 0.1) is 0 Å². The van der Waals surface area contributed by atoms with Crippen molar-refractivity contribution in [1.29, 1.82) is 0 Å². The Morgan fingerprint density at radius 3 is 2.84 bits per heavy atom. The van der Waals surface area contributed by atoms with Crippen LogP contribution in [0.2, 0.25) is 5.02 Å². The van der Waals surface area contributed by atoms with Gasteiger partial charge in [-0.15, -0.1) is 11.3 Å². The summed E-state index contributed by atoms with van der Waals surface area (Å²) in [7, 11) is 3.42. The molecule has 1 amide bonds. The summed E-state index contributed by atoms with van der Waals surface area (Å²) in [6.07, 6.45) is 2.33. The maximum absolute atomic E-state index is 12.3. The van der Waals surface area contributed by atoms with E-state index in [4.69, 9.17) is 16.3 Å². The summed E-state index contributed by atoms with van der Waals surface area (Å²) in [6.45, 7) is 0.618. The van der Waals surface area contributed by atoms with Gasteiger partial charge in [-0.3, -0.25) is 4.79 Å². The molecule has 3 heterocycles. The zero-order chi connectivity index (χ0) is 22.4. The number of carbonyl (C=O) groups excluding carboxylic acids is 1. The number of thiophene rings is 1. The van der Waals surface area contributed by atoms with Gasteiger partial charge in [-0.25, -0.2) is 9.67 Å². The predicted molar refractivity (Wildman–Crippen MR) is 130 cm³/mol. The number of ether oxygens (including phenoxy) is 1. The van der Waals surface area contributed by atoms with Crippen LogP contribution in [0.4, 0.5) is 0 Å². The highest BCUT2D eigenvalue weighted by Gasteiger charge is 2.22. The SMILES string of the molecule is CN(C)C(=O)c1ccc(-n2ncnc2-c2cc3c(s2)-c2ccc(Br)cc2OCC3)c(Cl)c1. The van der Waals surface area contributed by atoms with Crippen molar-refractivity contribution in [3.8, 4) is 32.6 Å². The Bertz CT molecular complexity index is 1350. The number of nitrogens with zero attached hydrogens (tertiary/aromatic N) is 4. The van der Waals surface area contributed by atoms with Crippen molar-refractivity contribution in [3.05, 3.63) is 69.4 Å². The van der Waals surface area contributed by atoms with Crippen molar-refractivity contribution < 1.29 is 9.53 Å². The number of fused-ring (bicyclic) bond motifs is 3. The van der Waals surface area contributed by atoms with Crippen LogP contribution in [0.1, 0.15) is 15.9 Å². The molecule has 0 N–H and O–H groups in total. The van der Waals surface area contributed by atoms with Crippen LogP contribution in [0.15, 0.2) is 53.3 Å². The van der Waals surface area contributed by atoms with E-state index in [9.17, 15) is 4.79 Å². The Morgan fingerprint density at radius 2 is 2.06 bits per heavy atom. The minimum absolute atomic E-state index is 0.105. The van der Waals surface area contributed by atoms with Crippen LogP contribution in [0.25, 0.3) is 26.8 Å². The first-order valence-corrected chi connectivity index (χ1v) is 11.9. The second kappa shape index (κ2) is 8.35. The summed E-state index contributed by atoms with van der Waals surface area (Å²) in [5.41, 5.74) is 3.49. The molecule has 32 heavy (non-hydrogen) atoms. The minimum atomic E-state index is -0.105. The van der Waals surface area contributed by atoms with Crippen LogP contribution in [0.5, 0.6) is 5.75 Å². The van der Waals surface area contributed by atoms with Gasteiger partial charge in [-0.05, 0) is 48.0 Å². The lowest BCUT2D eigenvalue weighted by molar-refractivity contribution is 0.0827. The van der Waals surface area contributed by atoms with Crippen molar-refractivity contribution in [1.82, 2.24) is 19.7 Å². The fourth-order valence-corrected chi connectivity index (χ4v) is 5.51. The quantitative estimate of drug-likeness (QED) is 0.341. The van der Waals surface area contributed by atoms with E-state index < -0.39 is 0 Å². The van der Waals surface area contributed by atoms with E-state index in [0.29, 0.717) is 28.7 Å². The number of hydrogen-bond acceptors (Lipinski definition) is 5. The third-order valence-corrected chi connectivity index (χ3v) is 7.23. The Hall–Kier alpha value is -2.68. The largest absolute Gasteiger partial charge is 0.493 e. The van der Waals surface area contributed by atoms with E-state index in [2.05, 4.69) is 38.1 Å². The number of amides is 1. The van der Waals surface area contributed by atoms with E-state index in [-0.39, 0.29) is 5.91 Å². The molecule has 5 rings (SSSR count). The highest BCUT2D eigenvalue weighted by Crippen LogP contribution is 2.44. The Kier molecular flexibility index (Phi) is 5.53. The number of hydrogen-bond donors (Lipinski definition) is 0. The Labute approximate surface area is 202 Å². The molecule has 2 aromatic heterocycles. The van der Waals surface area contributed by atoms with Crippen LogP contribution >= 0.6 is 38.9 Å². The second-order valence-corrected chi connectivity index (χ2v) is 9.94. The molecule has 2 aromatic carbocycles. The highest BCUT2D eigenvalue weighted by atomic mass is 79.9. The lowest BCUT2D eigenvalue weighted by atomic mass is 10.1. The zero-order valence-electron chi connectivity index (χ0n) is 17.3. The van der Waals surface area contributed by atoms with Gasteiger partial charge in [0.25, 0.3) is 5.91 Å². The fraction of sp³-hybridized carbons (Fsp3) is 0.174. The number of aromatic nitrogens is 3. The minimum Gasteiger partial charge on any atom is -0.493 e. The van der Waals surface area contributed by atoms with Crippen molar-refractivity contribution in [2.75, 3.05) is 20.7 Å². The molecule has 162 valence electrons. The molecule has 0 atom stereocenters. The van der Waals surface area contributed by atoms with Gasteiger partial charge < -0.3 is 9.64 Å². The Balaban J connectivity index is 1.57. The molecule has 0 bridgehead atoms. The average Bonchev–Trinajstić information content (AvgIpc) is 3.37. The second-order valence-electron chi connectivity index (χ2n) is 7.57. The first kappa shape index (κ1) is 21.2. The lowest BCUT2D eigenvalue weighted by Gasteiger charge is -2.12. The molecule has 1 aliphatic heterocycles. The van der Waals surface area contributed by atoms with Crippen molar-refractivity contribution in [2.45, 2.75) is 6.42 Å². The monoisotopic (exact) mass is 528 g/mol. The van der Waals surface area contributed by atoms with Gasteiger partial charge >= 0.3 is 0 Å². The highest BCUT2D eigenvalue weighted by molar-refractivity contribution is 9.10. The third-order valence-electron chi connectivity index (χ3n) is 5.22. The predicted octanol–water partition coefficient (Wildman–Crippen LogP) is 5.72. The topological polar surface area (TPSA) is 60.2 Å². The van der Waals surface area contributed by atoms with Gasteiger partial charge in [0.2, 0.25) is 0 Å². The molecule has 0 saturated carbocycles. The van der Waals surface area contributed by atoms with E-state index in [1.54, 1.807) is 48.3 Å². The molecular weight excluding hydrogens is 512 g/mol. The molecule has 4 aromatic rings. The van der Waals surface area contributed by atoms with Gasteiger partial charge in [0.1, 0.15) is 12.1 Å². The molecule has 6 nitrogen and oxygen atoms in total. The number of halogens is 2. The summed E-state index contributed by atoms with van der Waals surface area (Å²) < 4.78 is 8.66. The summed E-state index contributed by atoms with van der Waals surface area (Å²) in [6, 6.07) is 13.5. The summed E-state index contributed by atoms with van der Waals surface area (Å²) in [4.78, 5) is 20.5. The van der Waals surface area contributed by atoms with Crippen molar-refractivity contribution >= 4 is 44.8 Å². The molecule has 0 saturated heterocycles. The van der Waals surface area contributed by atoms with Gasteiger partial charge in [0, 0.05) is 41.0 Å². The Morgan fingerprint density at radius 1 is 1.22 bits per heavy atom. The van der Waals surface area contributed by atoms with Crippen LogP contribution in [-0.4, -0.2) is 46.3 Å². The molecule has 9 heteroatoms. The summed E-state index contributed by atoms with van der Waals surface area (Å²) >= 11 is 11.7. The van der Waals surface area contributed by atoms with Crippen molar-refractivity contribution in [2.24, 2.45) is 0 Å². The van der Waals surface area contributed by atoms with Gasteiger partial charge in [-0.1, -0.05) is 27.5 Å². The van der Waals surface area contributed by atoms with Gasteiger partial charge in [0.15, 0.2) is 5.82 Å². The molecule has 0 unspecified atom stereocenters. The van der Waals surface area contributed by atoms with Crippen LogP contribution in [-0.2, 0) is 6.42 Å². The van der Waals surface area contributed by atoms with Crippen LogP contribution in [0.3, 0.4) is 0 Å². The van der Waals surface area contributed by atoms with E-state index in [1.807, 2.05) is 12.1 Å². The first-order chi connectivity index (χ1) is 15.4. The lowest BCUT2D eigenvalue weighted by Crippen LogP contribution is -2.21. The summed E-state index contributed by atoms with van der Waals surface area (Å²) in [5.74, 6) is 1.47. The van der Waals surface area contributed by atoms with Gasteiger partial charge in [-0.2, -0.15) is 5.10 Å². The van der Waals surface area contributed by atoms with Crippen molar-refractivity contribution in [3.63, 3.8) is 0 Å². The van der Waals surface area contributed by atoms with E-state index >= 15 is 0 Å². The third kappa shape index (κ3) is 3.72. The standard InChI is InChI=1S/C23H18BrClN4O2S/c1-28(2)23(30)14-3-6-18(17(25)9-14)29-22(26-12-27-29)20-10-13-7-8-31-19-11-15(24)4-5-16(19)21(13)32-20/h3-6,9-12H,7-8H2,1-2H3. The normalized spacial score (nSPS) is 12.5. The van der Waals surface area contributed by atoms with Crippen LogP contribution < -0.4 is 4.74 Å². The number of benzene rings is 2. The number of rotatable bonds is 3. The molecule has 0 radical (unpaired) electrons. The molecule has 0 spiro atoms. The molecule has 1 aliphatic rings. The molecule has 0 aliphatic carbocycles.